The van der Waals surface area contributed by atoms with Crippen molar-refractivity contribution in [1.82, 2.24) is 0 Å². The van der Waals surface area contributed by atoms with Crippen molar-refractivity contribution in [1.29, 1.82) is 0 Å². The lowest BCUT2D eigenvalue weighted by Crippen LogP contribution is -1.85. The van der Waals surface area contributed by atoms with Crippen molar-refractivity contribution in [2.24, 2.45) is 0 Å². The summed E-state index contributed by atoms with van der Waals surface area (Å²) in [7, 11) is 0. The molecule has 2 heterocycles. The highest BCUT2D eigenvalue weighted by Gasteiger charge is 2.12. The van der Waals surface area contributed by atoms with E-state index in [-0.39, 0.29) is 11.5 Å². The molecule has 84 valence electrons. The van der Waals surface area contributed by atoms with Crippen molar-refractivity contribution >= 4 is 66.1 Å². The van der Waals surface area contributed by atoms with Gasteiger partial charge in [0.05, 0.1) is 9.75 Å². The highest BCUT2D eigenvalue weighted by molar-refractivity contribution is 9.10. The zero-order chi connectivity index (χ0) is 11.7. The molecule has 0 aliphatic heterocycles. The van der Waals surface area contributed by atoms with Gasteiger partial charge in [-0.1, -0.05) is 0 Å². The van der Waals surface area contributed by atoms with Crippen LogP contribution in [0.25, 0.3) is 11.5 Å². The normalized spacial score (nSPS) is 12.6. The second-order valence-electron chi connectivity index (χ2n) is 2.96. The lowest BCUT2D eigenvalue weighted by atomic mass is 10.3. The first-order valence-electron chi connectivity index (χ1n) is 4.19. The number of thiophene rings is 2. The van der Waals surface area contributed by atoms with E-state index in [2.05, 4.69) is 31.9 Å². The van der Waals surface area contributed by atoms with Crippen LogP contribution in [0.15, 0.2) is 31.8 Å². The Morgan fingerprint density at radius 3 is 1.50 bits per heavy atom. The maximum Gasteiger partial charge on any atom is 0.176 e. The van der Waals surface area contributed by atoms with E-state index in [0.29, 0.717) is 9.75 Å². The molecule has 2 aromatic rings. The third-order valence-electron chi connectivity index (χ3n) is 1.83. The van der Waals surface area contributed by atoms with Crippen LogP contribution in [0.1, 0.15) is 9.75 Å². The van der Waals surface area contributed by atoms with Crippen LogP contribution in [0.5, 0.6) is 0 Å². The van der Waals surface area contributed by atoms with Crippen molar-refractivity contribution in [2.75, 3.05) is 0 Å². The number of hydrogen-bond acceptors (Lipinski definition) is 4. The standard InChI is InChI=1S/C10H6Br2O2S2/c11-5-1-7(15-3-5)9(13)10(14)8-2-6(12)4-16-8/h1-4,13-14H/b10-9+. The molecule has 2 rings (SSSR count). The van der Waals surface area contributed by atoms with Gasteiger partial charge < -0.3 is 10.2 Å². The number of hydrogen-bond donors (Lipinski definition) is 2. The van der Waals surface area contributed by atoms with Crippen LogP contribution in [0.2, 0.25) is 0 Å². The van der Waals surface area contributed by atoms with Crippen LogP contribution in [0, 0.1) is 0 Å². The molecule has 0 amide bonds. The highest BCUT2D eigenvalue weighted by Crippen LogP contribution is 2.32. The van der Waals surface area contributed by atoms with E-state index in [9.17, 15) is 10.2 Å². The summed E-state index contributed by atoms with van der Waals surface area (Å²) >= 11 is 9.33. The van der Waals surface area contributed by atoms with E-state index in [1.807, 2.05) is 10.8 Å². The van der Waals surface area contributed by atoms with Crippen molar-refractivity contribution in [3.8, 4) is 0 Å². The quantitative estimate of drug-likeness (QED) is 0.695. The molecular weight excluding hydrogens is 376 g/mol. The van der Waals surface area contributed by atoms with E-state index < -0.39 is 0 Å². The second kappa shape index (κ2) is 4.91. The van der Waals surface area contributed by atoms with Gasteiger partial charge in [0.15, 0.2) is 11.5 Å². The Bertz CT molecular complexity index is 494. The van der Waals surface area contributed by atoms with Crippen LogP contribution in [-0.4, -0.2) is 10.2 Å². The number of rotatable bonds is 2. The van der Waals surface area contributed by atoms with E-state index in [1.54, 1.807) is 12.1 Å². The molecule has 0 bridgehead atoms. The van der Waals surface area contributed by atoms with Gasteiger partial charge in [0.1, 0.15) is 0 Å². The van der Waals surface area contributed by atoms with Gasteiger partial charge in [0.25, 0.3) is 0 Å². The first-order chi connectivity index (χ1) is 7.58. The Morgan fingerprint density at radius 1 is 0.875 bits per heavy atom. The van der Waals surface area contributed by atoms with Gasteiger partial charge in [-0.15, -0.1) is 22.7 Å². The zero-order valence-electron chi connectivity index (χ0n) is 7.78. The average Bonchev–Trinajstić information content (AvgIpc) is 2.85. The van der Waals surface area contributed by atoms with Crippen molar-refractivity contribution < 1.29 is 10.2 Å². The van der Waals surface area contributed by atoms with E-state index in [1.165, 1.54) is 22.7 Å². The van der Waals surface area contributed by atoms with Gasteiger partial charge in [0, 0.05) is 19.7 Å². The molecule has 2 aromatic heterocycles. The van der Waals surface area contributed by atoms with Gasteiger partial charge in [-0.05, 0) is 44.0 Å². The molecule has 6 heteroatoms. The summed E-state index contributed by atoms with van der Waals surface area (Å²) in [5.74, 6) is -0.185. The Balaban J connectivity index is 2.41. The molecule has 0 atom stereocenters. The van der Waals surface area contributed by atoms with Gasteiger partial charge in [-0.3, -0.25) is 0 Å². The summed E-state index contributed by atoms with van der Waals surface area (Å²) in [5.41, 5.74) is 0. The number of aliphatic hydroxyl groups excluding tert-OH is 2. The summed E-state index contributed by atoms with van der Waals surface area (Å²) in [4.78, 5) is 1.27. The Hall–Kier alpha value is -0.300. The fourth-order valence-electron chi connectivity index (χ4n) is 1.11. The number of halogens is 2. The zero-order valence-corrected chi connectivity index (χ0v) is 12.6. The van der Waals surface area contributed by atoms with Gasteiger partial charge in [-0.25, -0.2) is 0 Å². The van der Waals surface area contributed by atoms with Crippen LogP contribution >= 0.6 is 54.5 Å². The molecular formula is C10H6Br2O2S2. The largest absolute Gasteiger partial charge is 0.503 e. The van der Waals surface area contributed by atoms with Crippen molar-refractivity contribution in [3.05, 3.63) is 41.6 Å². The minimum atomic E-state index is -0.0925. The molecule has 0 aromatic carbocycles. The average molecular weight is 382 g/mol. The van der Waals surface area contributed by atoms with Crippen LogP contribution in [0.3, 0.4) is 0 Å². The van der Waals surface area contributed by atoms with Gasteiger partial charge in [0.2, 0.25) is 0 Å². The lowest BCUT2D eigenvalue weighted by Gasteiger charge is -1.99. The summed E-state index contributed by atoms with van der Waals surface area (Å²) < 4.78 is 1.78. The van der Waals surface area contributed by atoms with Gasteiger partial charge in [-0.2, -0.15) is 0 Å². The Morgan fingerprint density at radius 2 is 1.25 bits per heavy atom. The molecule has 16 heavy (non-hydrogen) atoms. The van der Waals surface area contributed by atoms with Gasteiger partial charge >= 0.3 is 0 Å². The summed E-state index contributed by atoms with van der Waals surface area (Å²) in [6, 6.07) is 3.53. The first-order valence-corrected chi connectivity index (χ1v) is 7.53. The Kier molecular flexibility index (Phi) is 3.73. The molecule has 0 aliphatic carbocycles. The Labute approximate surface area is 117 Å². The summed E-state index contributed by atoms with van der Waals surface area (Å²) in [5, 5.41) is 23.5. The summed E-state index contributed by atoms with van der Waals surface area (Å²) in [6.45, 7) is 0. The van der Waals surface area contributed by atoms with Crippen molar-refractivity contribution in [2.45, 2.75) is 0 Å². The third kappa shape index (κ3) is 2.51. The molecule has 0 saturated heterocycles. The molecule has 0 saturated carbocycles. The smallest absolute Gasteiger partial charge is 0.176 e. The van der Waals surface area contributed by atoms with Crippen LogP contribution < -0.4 is 0 Å². The SMILES string of the molecule is O/C(=C(/O)c1cc(Br)cs1)c1cc(Br)cs1. The van der Waals surface area contributed by atoms with E-state index in [0.717, 1.165) is 8.95 Å². The van der Waals surface area contributed by atoms with Crippen molar-refractivity contribution in [3.63, 3.8) is 0 Å². The maximum absolute atomic E-state index is 9.88. The van der Waals surface area contributed by atoms with Crippen LogP contribution in [-0.2, 0) is 0 Å². The molecule has 0 spiro atoms. The molecule has 0 unspecified atom stereocenters. The minimum absolute atomic E-state index is 0.0925. The van der Waals surface area contributed by atoms with E-state index in [4.69, 9.17) is 0 Å². The molecule has 2 N–H and O–H groups in total. The van der Waals surface area contributed by atoms with Crippen LogP contribution in [0.4, 0.5) is 0 Å². The maximum atomic E-state index is 9.88. The highest BCUT2D eigenvalue weighted by atomic mass is 79.9. The molecule has 2 nitrogen and oxygen atoms in total. The fraction of sp³-hybridized carbons (Fsp3) is 0. The lowest BCUT2D eigenvalue weighted by molar-refractivity contribution is 0.462. The predicted molar refractivity (Wildman–Crippen MR) is 76.1 cm³/mol. The third-order valence-corrected chi connectivity index (χ3v) is 5.22. The topological polar surface area (TPSA) is 40.5 Å². The number of aliphatic hydroxyl groups is 2. The molecule has 0 fully saturated rings. The van der Waals surface area contributed by atoms with E-state index >= 15 is 0 Å². The fourth-order valence-corrected chi connectivity index (χ4v) is 3.85. The monoisotopic (exact) mass is 380 g/mol. The predicted octanol–water partition coefficient (Wildman–Crippen LogP) is 5.28. The molecule has 0 radical (unpaired) electrons. The second-order valence-corrected chi connectivity index (χ2v) is 6.61. The molecule has 0 aliphatic rings. The first kappa shape index (κ1) is 12.2. The summed E-state index contributed by atoms with van der Waals surface area (Å²) in [6.07, 6.45) is 0. The minimum Gasteiger partial charge on any atom is -0.503 e.